The topological polar surface area (TPSA) is 21.8 Å². The van der Waals surface area contributed by atoms with Crippen LogP contribution in [0.1, 0.15) is 6.42 Å². The quantitative estimate of drug-likeness (QED) is 0.393. The zero-order valence-electron chi connectivity index (χ0n) is 8.84. The van der Waals surface area contributed by atoms with E-state index in [0.717, 1.165) is 19.8 Å². The predicted octanol–water partition coefficient (Wildman–Crippen LogP) is 2.55. The molecule has 2 nitrogen and oxygen atoms in total. The summed E-state index contributed by atoms with van der Waals surface area (Å²) in [6.07, 6.45) is 1.65. The van der Waals surface area contributed by atoms with Gasteiger partial charge in [-0.15, -0.1) is 12.4 Å². The maximum atomic E-state index is 5.45. The van der Waals surface area contributed by atoms with Crippen molar-refractivity contribution in [2.45, 2.75) is 38.2 Å². The molecule has 0 N–H and O–H groups in total. The van der Waals surface area contributed by atoms with Gasteiger partial charge in [-0.3, -0.25) is 0 Å². The van der Waals surface area contributed by atoms with Gasteiger partial charge in [0, 0.05) is 14.7 Å². The van der Waals surface area contributed by atoms with Crippen molar-refractivity contribution in [1.29, 1.82) is 0 Å². The largest absolute Gasteiger partial charge is 0.379 e. The Morgan fingerprint density at radius 1 is 1.38 bits per heavy atom. The molecule has 1 atom stereocenters. The van der Waals surface area contributed by atoms with E-state index in [1.807, 2.05) is 0 Å². The molecule has 0 amide bonds. The van der Waals surface area contributed by atoms with Gasteiger partial charge in [0.1, 0.15) is 6.10 Å². The standard InChI is InChI=1S/C9H20O2Si.ClH/c1-12(2,3)6-4-5-10-7-9-8-11-9;/h9H,4-8H2,1-3H3;1H. The maximum absolute atomic E-state index is 5.45. The van der Waals surface area contributed by atoms with Crippen LogP contribution in [0.3, 0.4) is 0 Å². The van der Waals surface area contributed by atoms with Crippen molar-refractivity contribution in [1.82, 2.24) is 0 Å². The molecule has 0 spiro atoms. The summed E-state index contributed by atoms with van der Waals surface area (Å²) in [5, 5.41) is 0. The van der Waals surface area contributed by atoms with Crippen molar-refractivity contribution in [2.24, 2.45) is 0 Å². The van der Waals surface area contributed by atoms with Crippen LogP contribution in [-0.2, 0) is 9.47 Å². The molecule has 1 aliphatic rings. The van der Waals surface area contributed by atoms with Gasteiger partial charge in [0.05, 0.1) is 13.2 Å². The monoisotopic (exact) mass is 224 g/mol. The first-order chi connectivity index (χ1) is 5.58. The van der Waals surface area contributed by atoms with Gasteiger partial charge in [-0.1, -0.05) is 25.7 Å². The van der Waals surface area contributed by atoms with Crippen LogP contribution < -0.4 is 0 Å². The third-order valence-corrected chi connectivity index (χ3v) is 3.78. The lowest BCUT2D eigenvalue weighted by Gasteiger charge is -2.14. The Bertz CT molecular complexity index is 132. The lowest BCUT2D eigenvalue weighted by atomic mass is 10.5. The van der Waals surface area contributed by atoms with Crippen LogP contribution in [0.4, 0.5) is 0 Å². The fourth-order valence-electron chi connectivity index (χ4n) is 1.08. The Hall–Kier alpha value is 0.427. The van der Waals surface area contributed by atoms with Crippen molar-refractivity contribution < 1.29 is 9.47 Å². The van der Waals surface area contributed by atoms with Gasteiger partial charge in [-0.25, -0.2) is 0 Å². The van der Waals surface area contributed by atoms with E-state index < -0.39 is 8.07 Å². The normalized spacial score (nSPS) is 21.0. The van der Waals surface area contributed by atoms with Crippen LogP contribution in [0.15, 0.2) is 0 Å². The van der Waals surface area contributed by atoms with Crippen molar-refractivity contribution in [3.63, 3.8) is 0 Å². The molecule has 80 valence electrons. The number of hydrogen-bond acceptors (Lipinski definition) is 2. The van der Waals surface area contributed by atoms with Crippen molar-refractivity contribution in [3.8, 4) is 0 Å². The molecule has 0 saturated carbocycles. The number of epoxide rings is 1. The number of ether oxygens (including phenoxy) is 2. The average molecular weight is 225 g/mol. The van der Waals surface area contributed by atoms with Crippen molar-refractivity contribution >= 4 is 20.5 Å². The lowest BCUT2D eigenvalue weighted by Crippen LogP contribution is -2.19. The van der Waals surface area contributed by atoms with E-state index in [4.69, 9.17) is 9.47 Å². The summed E-state index contributed by atoms with van der Waals surface area (Å²) in [7, 11) is -0.830. The molecule has 1 fully saturated rings. The Kier molecular flexibility index (Phi) is 6.21. The van der Waals surface area contributed by atoms with Gasteiger partial charge in [0.2, 0.25) is 0 Å². The molecule has 1 heterocycles. The van der Waals surface area contributed by atoms with E-state index in [-0.39, 0.29) is 12.4 Å². The highest BCUT2D eigenvalue weighted by molar-refractivity contribution is 6.76. The van der Waals surface area contributed by atoms with E-state index in [0.29, 0.717) is 6.10 Å². The summed E-state index contributed by atoms with van der Waals surface area (Å²) in [5.74, 6) is 0. The number of rotatable bonds is 6. The average Bonchev–Trinajstić information content (AvgIpc) is 2.68. The third-order valence-electron chi connectivity index (χ3n) is 1.92. The SMILES string of the molecule is C[Si](C)(C)CCCOCC1CO1.Cl. The molecule has 0 aliphatic carbocycles. The zero-order chi connectivity index (χ0) is 9.03. The Labute approximate surface area is 88.4 Å². The molecule has 0 aromatic heterocycles. The summed E-state index contributed by atoms with van der Waals surface area (Å²) >= 11 is 0. The molecular weight excluding hydrogens is 204 g/mol. The molecular formula is C9H21ClO2Si. The lowest BCUT2D eigenvalue weighted by molar-refractivity contribution is 0.117. The highest BCUT2D eigenvalue weighted by Crippen LogP contribution is 2.12. The van der Waals surface area contributed by atoms with Crippen LogP contribution >= 0.6 is 12.4 Å². The fourth-order valence-corrected chi connectivity index (χ4v) is 2.29. The van der Waals surface area contributed by atoms with Crippen LogP contribution in [0.25, 0.3) is 0 Å². The van der Waals surface area contributed by atoms with Gasteiger partial charge >= 0.3 is 0 Å². The molecule has 1 unspecified atom stereocenters. The van der Waals surface area contributed by atoms with Crippen LogP contribution in [-0.4, -0.2) is 34.0 Å². The number of hydrogen-bond donors (Lipinski definition) is 0. The predicted molar refractivity (Wildman–Crippen MR) is 60.6 cm³/mol. The van der Waals surface area contributed by atoms with Crippen molar-refractivity contribution in [2.75, 3.05) is 19.8 Å². The second-order valence-corrected chi connectivity index (χ2v) is 10.3. The molecule has 1 saturated heterocycles. The van der Waals surface area contributed by atoms with Crippen LogP contribution in [0, 0.1) is 0 Å². The minimum atomic E-state index is -0.830. The van der Waals surface area contributed by atoms with E-state index in [1.165, 1.54) is 12.5 Å². The van der Waals surface area contributed by atoms with E-state index in [9.17, 15) is 0 Å². The second kappa shape index (κ2) is 6.01. The summed E-state index contributed by atoms with van der Waals surface area (Å²) < 4.78 is 10.5. The van der Waals surface area contributed by atoms with Gasteiger partial charge in [0.25, 0.3) is 0 Å². The molecule has 0 aromatic rings. The van der Waals surface area contributed by atoms with Gasteiger partial charge in [-0.2, -0.15) is 0 Å². The summed E-state index contributed by atoms with van der Waals surface area (Å²) in [6, 6.07) is 1.37. The first kappa shape index (κ1) is 13.4. The Morgan fingerprint density at radius 2 is 2.00 bits per heavy atom. The summed E-state index contributed by atoms with van der Waals surface area (Å²) in [5.41, 5.74) is 0. The number of halogens is 1. The van der Waals surface area contributed by atoms with E-state index in [2.05, 4.69) is 19.6 Å². The van der Waals surface area contributed by atoms with Gasteiger partial charge in [-0.05, 0) is 6.42 Å². The summed E-state index contributed by atoms with van der Waals surface area (Å²) in [4.78, 5) is 0. The second-order valence-electron chi connectivity index (χ2n) is 4.69. The first-order valence-electron chi connectivity index (χ1n) is 4.77. The minimum absolute atomic E-state index is 0. The maximum Gasteiger partial charge on any atom is 0.104 e. The molecule has 4 heteroatoms. The highest BCUT2D eigenvalue weighted by Gasteiger charge is 2.22. The molecule has 13 heavy (non-hydrogen) atoms. The van der Waals surface area contributed by atoms with Gasteiger partial charge in [0.15, 0.2) is 0 Å². The molecule has 1 rings (SSSR count). The molecule has 0 radical (unpaired) electrons. The minimum Gasteiger partial charge on any atom is -0.379 e. The van der Waals surface area contributed by atoms with E-state index >= 15 is 0 Å². The van der Waals surface area contributed by atoms with Crippen molar-refractivity contribution in [3.05, 3.63) is 0 Å². The molecule has 0 bridgehead atoms. The summed E-state index contributed by atoms with van der Waals surface area (Å²) in [6.45, 7) is 9.84. The smallest absolute Gasteiger partial charge is 0.104 e. The zero-order valence-corrected chi connectivity index (χ0v) is 10.7. The third kappa shape index (κ3) is 8.75. The van der Waals surface area contributed by atoms with Gasteiger partial charge < -0.3 is 9.47 Å². The Morgan fingerprint density at radius 3 is 2.46 bits per heavy atom. The van der Waals surface area contributed by atoms with E-state index in [1.54, 1.807) is 0 Å². The molecule has 0 aromatic carbocycles. The highest BCUT2D eigenvalue weighted by atomic mass is 35.5. The Balaban J connectivity index is 0.00000144. The fraction of sp³-hybridized carbons (Fsp3) is 1.00. The molecule has 1 aliphatic heterocycles. The first-order valence-corrected chi connectivity index (χ1v) is 8.48. The van der Waals surface area contributed by atoms with Crippen LogP contribution in [0.5, 0.6) is 0 Å². The van der Waals surface area contributed by atoms with Crippen LogP contribution in [0.2, 0.25) is 25.7 Å².